The number of alkyl halides is 3. The number of nitrogens with one attached hydrogen (secondary N) is 2. The van der Waals surface area contributed by atoms with Crippen molar-refractivity contribution < 1.29 is 17.9 Å². The molecule has 0 fully saturated rings. The van der Waals surface area contributed by atoms with E-state index in [1.807, 2.05) is 13.8 Å². The molecule has 0 spiro atoms. The quantitative estimate of drug-likeness (QED) is 0.384. The number of pyridine rings is 1. The lowest BCUT2D eigenvalue weighted by atomic mass is 10.3. The Bertz CT molecular complexity index is 483. The molecule has 1 aromatic rings. The Labute approximate surface area is 151 Å². The van der Waals surface area contributed by atoms with Gasteiger partial charge < -0.3 is 15.4 Å². The Morgan fingerprint density at radius 2 is 2.04 bits per heavy atom. The molecule has 0 aliphatic rings. The predicted molar refractivity (Wildman–Crippen MR) is 94.3 cm³/mol. The number of hydrogen-bond acceptors (Lipinski definition) is 3. The minimum absolute atomic E-state index is 0. The maximum Gasteiger partial charge on any atom is 0.422 e. The lowest BCUT2D eigenvalue weighted by Crippen LogP contribution is -2.37. The van der Waals surface area contributed by atoms with Crippen LogP contribution in [0.1, 0.15) is 25.8 Å². The molecule has 23 heavy (non-hydrogen) atoms. The molecule has 1 rings (SSSR count). The van der Waals surface area contributed by atoms with Gasteiger partial charge in [0, 0.05) is 24.8 Å². The van der Waals surface area contributed by atoms with E-state index < -0.39 is 12.8 Å². The van der Waals surface area contributed by atoms with Gasteiger partial charge in [-0.05, 0) is 19.4 Å². The Balaban J connectivity index is 0.00000484. The SMILES string of the molecule is CCCNC(=NCc1cccnc1OCC(F)(F)F)NCC.I. The summed E-state index contributed by atoms with van der Waals surface area (Å²) in [4.78, 5) is 8.16. The minimum Gasteiger partial charge on any atom is -0.468 e. The summed E-state index contributed by atoms with van der Waals surface area (Å²) in [6.07, 6.45) is -2.06. The topological polar surface area (TPSA) is 58.5 Å². The highest BCUT2D eigenvalue weighted by molar-refractivity contribution is 14.0. The maximum absolute atomic E-state index is 12.2. The largest absolute Gasteiger partial charge is 0.468 e. The van der Waals surface area contributed by atoms with Gasteiger partial charge in [-0.25, -0.2) is 9.98 Å². The molecule has 0 radical (unpaired) electrons. The second kappa shape index (κ2) is 11.3. The minimum atomic E-state index is -4.39. The molecule has 0 aliphatic carbocycles. The number of aromatic nitrogens is 1. The van der Waals surface area contributed by atoms with E-state index in [2.05, 4.69) is 20.6 Å². The van der Waals surface area contributed by atoms with Crippen LogP contribution in [0.4, 0.5) is 13.2 Å². The van der Waals surface area contributed by atoms with Crippen LogP contribution in [0.2, 0.25) is 0 Å². The molecule has 1 aromatic heterocycles. The third kappa shape index (κ3) is 9.47. The van der Waals surface area contributed by atoms with E-state index in [0.29, 0.717) is 18.1 Å². The lowest BCUT2D eigenvalue weighted by molar-refractivity contribution is -0.154. The second-order valence-corrected chi connectivity index (χ2v) is 4.49. The summed E-state index contributed by atoms with van der Waals surface area (Å²) in [7, 11) is 0. The van der Waals surface area contributed by atoms with Crippen LogP contribution in [-0.4, -0.2) is 36.8 Å². The number of halogens is 4. The molecule has 0 unspecified atom stereocenters. The van der Waals surface area contributed by atoms with Gasteiger partial charge in [-0.3, -0.25) is 0 Å². The van der Waals surface area contributed by atoms with Crippen molar-refractivity contribution in [2.75, 3.05) is 19.7 Å². The molecule has 0 saturated carbocycles. The Morgan fingerprint density at radius 1 is 1.30 bits per heavy atom. The molecule has 0 aromatic carbocycles. The first-order chi connectivity index (χ1) is 10.5. The summed E-state index contributed by atoms with van der Waals surface area (Å²) < 4.78 is 41.4. The zero-order valence-corrected chi connectivity index (χ0v) is 15.4. The first-order valence-corrected chi connectivity index (χ1v) is 7.12. The number of hydrogen-bond donors (Lipinski definition) is 2. The standard InChI is InChI=1S/C14H21F3N4O.HI/c1-3-7-20-13(18-4-2)21-9-11-6-5-8-19-12(11)22-10-14(15,16)17;/h5-6,8H,3-4,7,9-10H2,1-2H3,(H2,18,20,21);1H. The fourth-order valence-electron chi connectivity index (χ4n) is 1.57. The molecule has 0 bridgehead atoms. The van der Waals surface area contributed by atoms with E-state index in [9.17, 15) is 13.2 Å². The molecular formula is C14H22F3IN4O. The fraction of sp³-hybridized carbons (Fsp3) is 0.571. The van der Waals surface area contributed by atoms with E-state index in [1.165, 1.54) is 6.20 Å². The fourth-order valence-corrected chi connectivity index (χ4v) is 1.57. The van der Waals surface area contributed by atoms with Crippen molar-refractivity contribution in [3.63, 3.8) is 0 Å². The summed E-state index contributed by atoms with van der Waals surface area (Å²) in [6.45, 7) is 4.23. The zero-order chi connectivity index (χ0) is 16.4. The van der Waals surface area contributed by atoms with Crippen LogP contribution >= 0.6 is 24.0 Å². The molecule has 2 N–H and O–H groups in total. The van der Waals surface area contributed by atoms with E-state index in [1.54, 1.807) is 12.1 Å². The lowest BCUT2D eigenvalue weighted by Gasteiger charge is -2.12. The average molecular weight is 446 g/mol. The van der Waals surface area contributed by atoms with Crippen LogP contribution in [0.5, 0.6) is 5.88 Å². The van der Waals surface area contributed by atoms with Crippen LogP contribution in [0.25, 0.3) is 0 Å². The van der Waals surface area contributed by atoms with Crippen molar-refractivity contribution >= 4 is 29.9 Å². The van der Waals surface area contributed by atoms with Gasteiger partial charge in [-0.2, -0.15) is 13.2 Å². The van der Waals surface area contributed by atoms with Crippen molar-refractivity contribution in [3.05, 3.63) is 23.9 Å². The summed E-state index contributed by atoms with van der Waals surface area (Å²) in [5, 5.41) is 6.18. The third-order valence-corrected chi connectivity index (χ3v) is 2.52. The molecule has 1 heterocycles. The van der Waals surface area contributed by atoms with E-state index in [-0.39, 0.29) is 36.4 Å². The average Bonchev–Trinajstić information content (AvgIpc) is 2.48. The normalized spacial score (nSPS) is 11.6. The van der Waals surface area contributed by atoms with E-state index in [4.69, 9.17) is 4.74 Å². The Kier molecular flexibility index (Phi) is 10.7. The zero-order valence-electron chi connectivity index (χ0n) is 13.1. The van der Waals surface area contributed by atoms with Gasteiger partial charge in [0.25, 0.3) is 0 Å². The van der Waals surface area contributed by atoms with Gasteiger partial charge in [0.1, 0.15) is 0 Å². The highest BCUT2D eigenvalue weighted by atomic mass is 127. The van der Waals surface area contributed by atoms with Crippen molar-refractivity contribution in [1.82, 2.24) is 15.6 Å². The molecule has 0 amide bonds. The highest BCUT2D eigenvalue weighted by Gasteiger charge is 2.29. The molecule has 0 atom stereocenters. The number of rotatable bonds is 7. The van der Waals surface area contributed by atoms with Crippen LogP contribution in [0.3, 0.4) is 0 Å². The first-order valence-electron chi connectivity index (χ1n) is 7.12. The number of ether oxygens (including phenoxy) is 1. The smallest absolute Gasteiger partial charge is 0.422 e. The highest BCUT2D eigenvalue weighted by Crippen LogP contribution is 2.20. The number of nitrogens with zero attached hydrogens (tertiary/aromatic N) is 2. The Hall–Kier alpha value is -1.26. The van der Waals surface area contributed by atoms with Crippen LogP contribution in [-0.2, 0) is 6.54 Å². The molecule has 0 saturated heterocycles. The van der Waals surface area contributed by atoms with Crippen molar-refractivity contribution in [2.24, 2.45) is 4.99 Å². The summed E-state index contributed by atoms with van der Waals surface area (Å²) >= 11 is 0. The Morgan fingerprint density at radius 3 is 2.65 bits per heavy atom. The molecular weight excluding hydrogens is 424 g/mol. The van der Waals surface area contributed by atoms with Gasteiger partial charge in [0.2, 0.25) is 5.88 Å². The van der Waals surface area contributed by atoms with Crippen LogP contribution in [0, 0.1) is 0 Å². The molecule has 5 nitrogen and oxygen atoms in total. The second-order valence-electron chi connectivity index (χ2n) is 4.49. The third-order valence-electron chi connectivity index (χ3n) is 2.52. The van der Waals surface area contributed by atoms with Gasteiger partial charge in [0.05, 0.1) is 6.54 Å². The summed E-state index contributed by atoms with van der Waals surface area (Å²) in [5.41, 5.74) is 0.500. The van der Waals surface area contributed by atoms with Crippen molar-refractivity contribution in [2.45, 2.75) is 33.0 Å². The number of guanidine groups is 1. The summed E-state index contributed by atoms with van der Waals surface area (Å²) in [5.74, 6) is 0.560. The molecule has 0 aliphatic heterocycles. The first kappa shape index (κ1) is 21.7. The van der Waals surface area contributed by atoms with Gasteiger partial charge in [0.15, 0.2) is 12.6 Å². The predicted octanol–water partition coefficient (Wildman–Crippen LogP) is 3.11. The number of aliphatic imine (C=N–C) groups is 1. The molecule has 9 heteroatoms. The summed E-state index contributed by atoms with van der Waals surface area (Å²) in [6, 6.07) is 3.28. The van der Waals surface area contributed by atoms with Crippen molar-refractivity contribution in [1.29, 1.82) is 0 Å². The van der Waals surface area contributed by atoms with Gasteiger partial charge in [-0.1, -0.05) is 13.0 Å². The van der Waals surface area contributed by atoms with Crippen molar-refractivity contribution in [3.8, 4) is 5.88 Å². The maximum atomic E-state index is 12.2. The van der Waals surface area contributed by atoms with Gasteiger partial charge >= 0.3 is 6.18 Å². The van der Waals surface area contributed by atoms with E-state index >= 15 is 0 Å². The molecule has 132 valence electrons. The van der Waals surface area contributed by atoms with Crippen LogP contribution < -0.4 is 15.4 Å². The van der Waals surface area contributed by atoms with Crippen LogP contribution in [0.15, 0.2) is 23.3 Å². The van der Waals surface area contributed by atoms with E-state index in [0.717, 1.165) is 13.0 Å². The monoisotopic (exact) mass is 446 g/mol. The van der Waals surface area contributed by atoms with Gasteiger partial charge in [-0.15, -0.1) is 24.0 Å².